The molecule has 0 saturated carbocycles. The van der Waals surface area contributed by atoms with Crippen LogP contribution in [0.2, 0.25) is 0 Å². The van der Waals surface area contributed by atoms with Gasteiger partial charge in [-0.05, 0) is 23.6 Å². The second-order valence-corrected chi connectivity index (χ2v) is 6.26. The van der Waals surface area contributed by atoms with Gasteiger partial charge in [0, 0.05) is 38.9 Å². The number of hydrazone groups is 1. The maximum absolute atomic E-state index is 4.63. The van der Waals surface area contributed by atoms with Gasteiger partial charge in [-0.15, -0.1) is 0 Å². The van der Waals surface area contributed by atoms with Crippen molar-refractivity contribution in [1.29, 1.82) is 0 Å². The number of nitrogens with zero attached hydrogens (tertiary/aromatic N) is 3. The van der Waals surface area contributed by atoms with Gasteiger partial charge in [-0.1, -0.05) is 66.7 Å². The smallest absolute Gasteiger partial charge is 0.0499 e. The molecule has 0 aromatic heterocycles. The first-order valence-electron chi connectivity index (χ1n) is 8.58. The van der Waals surface area contributed by atoms with Gasteiger partial charge in [-0.3, -0.25) is 9.91 Å². The first-order chi connectivity index (χ1) is 11.8. The summed E-state index contributed by atoms with van der Waals surface area (Å²) in [5, 5.41) is 6.80. The Balaban J connectivity index is 1.47. The number of allylic oxidation sites excluding steroid dienone is 1. The molecule has 3 rings (SSSR count). The summed E-state index contributed by atoms with van der Waals surface area (Å²) in [6, 6.07) is 21.1. The molecule has 0 radical (unpaired) electrons. The van der Waals surface area contributed by atoms with E-state index >= 15 is 0 Å². The first-order valence-corrected chi connectivity index (χ1v) is 8.58. The van der Waals surface area contributed by atoms with Crippen LogP contribution < -0.4 is 0 Å². The van der Waals surface area contributed by atoms with Crippen molar-refractivity contribution in [2.45, 2.75) is 13.5 Å². The summed E-state index contributed by atoms with van der Waals surface area (Å²) in [4.78, 5) is 2.49. The van der Waals surface area contributed by atoms with E-state index in [1.807, 2.05) is 12.3 Å². The minimum absolute atomic E-state index is 0.988. The molecule has 1 aliphatic heterocycles. The maximum atomic E-state index is 4.63. The molecule has 2 aromatic rings. The van der Waals surface area contributed by atoms with Gasteiger partial charge in [0.15, 0.2) is 0 Å². The molecule has 1 saturated heterocycles. The van der Waals surface area contributed by atoms with E-state index in [0.717, 1.165) is 32.7 Å². The third-order valence-electron chi connectivity index (χ3n) is 4.22. The molecule has 0 amide bonds. The lowest BCUT2D eigenvalue weighted by Gasteiger charge is -2.33. The largest absolute Gasteiger partial charge is 0.295 e. The Morgan fingerprint density at radius 1 is 0.917 bits per heavy atom. The lowest BCUT2D eigenvalue weighted by molar-refractivity contribution is 0.131. The summed E-state index contributed by atoms with van der Waals surface area (Å²) >= 11 is 0. The normalized spacial score (nSPS) is 16.7. The van der Waals surface area contributed by atoms with Gasteiger partial charge in [-0.25, -0.2) is 0 Å². The highest BCUT2D eigenvalue weighted by atomic mass is 15.5. The Kier molecular flexibility index (Phi) is 5.80. The van der Waals surface area contributed by atoms with Gasteiger partial charge < -0.3 is 0 Å². The van der Waals surface area contributed by atoms with Crippen molar-refractivity contribution in [2.24, 2.45) is 5.10 Å². The summed E-state index contributed by atoms with van der Waals surface area (Å²) in [7, 11) is 0. The average Bonchev–Trinajstić information content (AvgIpc) is 2.63. The van der Waals surface area contributed by atoms with Crippen LogP contribution in [0.5, 0.6) is 0 Å². The van der Waals surface area contributed by atoms with E-state index in [9.17, 15) is 0 Å². The van der Waals surface area contributed by atoms with E-state index in [0.29, 0.717) is 0 Å². The molecule has 0 bridgehead atoms. The molecule has 1 fully saturated rings. The van der Waals surface area contributed by atoms with Crippen molar-refractivity contribution in [3.8, 4) is 0 Å². The van der Waals surface area contributed by atoms with Crippen LogP contribution in [0.3, 0.4) is 0 Å². The second-order valence-electron chi connectivity index (χ2n) is 6.26. The predicted molar refractivity (Wildman–Crippen MR) is 102 cm³/mol. The molecule has 0 unspecified atom stereocenters. The highest BCUT2D eigenvalue weighted by molar-refractivity contribution is 5.84. The minimum Gasteiger partial charge on any atom is -0.295 e. The summed E-state index contributed by atoms with van der Waals surface area (Å²) < 4.78 is 0. The zero-order valence-corrected chi connectivity index (χ0v) is 14.3. The SMILES string of the molecule is CC(/C=N\N1CCN(Cc2ccccc2)CC1)=C\c1ccccc1. The van der Waals surface area contributed by atoms with Gasteiger partial charge in [0.05, 0.1) is 0 Å². The van der Waals surface area contributed by atoms with Crippen LogP contribution >= 0.6 is 0 Å². The van der Waals surface area contributed by atoms with Gasteiger partial charge in [0.1, 0.15) is 0 Å². The van der Waals surface area contributed by atoms with E-state index in [1.165, 1.54) is 16.7 Å². The lowest BCUT2D eigenvalue weighted by atomic mass is 10.1. The Morgan fingerprint density at radius 2 is 1.54 bits per heavy atom. The number of rotatable bonds is 5. The highest BCUT2D eigenvalue weighted by Crippen LogP contribution is 2.09. The lowest BCUT2D eigenvalue weighted by Crippen LogP contribution is -2.43. The van der Waals surface area contributed by atoms with E-state index in [-0.39, 0.29) is 0 Å². The van der Waals surface area contributed by atoms with Crippen molar-refractivity contribution < 1.29 is 0 Å². The summed E-state index contributed by atoms with van der Waals surface area (Å²) in [5.41, 5.74) is 3.78. The molecular weight excluding hydrogens is 294 g/mol. The van der Waals surface area contributed by atoms with E-state index in [1.54, 1.807) is 0 Å². The second kappa shape index (κ2) is 8.46. The predicted octanol–water partition coefficient (Wildman–Crippen LogP) is 3.89. The standard InChI is InChI=1S/C21H25N3/c1-19(16-20-8-4-2-5-9-20)17-22-24-14-12-23(13-15-24)18-21-10-6-3-7-11-21/h2-11,16-17H,12-15,18H2,1H3/b19-16+,22-17-. The van der Waals surface area contributed by atoms with Crippen molar-refractivity contribution in [1.82, 2.24) is 9.91 Å². The Bertz CT molecular complexity index is 669. The third kappa shape index (κ3) is 5.07. The Morgan fingerprint density at radius 3 is 2.21 bits per heavy atom. The summed E-state index contributed by atoms with van der Waals surface area (Å²) in [6.45, 7) is 7.23. The number of piperazine rings is 1. The zero-order valence-electron chi connectivity index (χ0n) is 14.3. The molecule has 0 spiro atoms. The summed E-state index contributed by atoms with van der Waals surface area (Å²) in [5.74, 6) is 0. The molecule has 3 nitrogen and oxygen atoms in total. The molecule has 1 heterocycles. The van der Waals surface area contributed by atoms with Crippen LogP contribution in [0.15, 0.2) is 71.3 Å². The Hall–Kier alpha value is -2.39. The molecule has 2 aromatic carbocycles. The van der Waals surface area contributed by atoms with Gasteiger partial charge in [-0.2, -0.15) is 5.10 Å². The van der Waals surface area contributed by atoms with Crippen molar-refractivity contribution >= 4 is 12.3 Å². The van der Waals surface area contributed by atoms with E-state index < -0.39 is 0 Å². The zero-order chi connectivity index (χ0) is 16.6. The highest BCUT2D eigenvalue weighted by Gasteiger charge is 2.15. The van der Waals surface area contributed by atoms with Crippen LogP contribution in [-0.2, 0) is 6.54 Å². The fourth-order valence-corrected chi connectivity index (χ4v) is 2.87. The van der Waals surface area contributed by atoms with Gasteiger partial charge in [0.25, 0.3) is 0 Å². The molecular formula is C21H25N3. The van der Waals surface area contributed by atoms with Crippen LogP contribution in [0.1, 0.15) is 18.1 Å². The average molecular weight is 319 g/mol. The van der Waals surface area contributed by atoms with Crippen LogP contribution in [0, 0.1) is 0 Å². The molecule has 1 aliphatic rings. The van der Waals surface area contributed by atoms with Crippen LogP contribution in [0.25, 0.3) is 6.08 Å². The van der Waals surface area contributed by atoms with E-state index in [4.69, 9.17) is 0 Å². The van der Waals surface area contributed by atoms with Gasteiger partial charge in [0.2, 0.25) is 0 Å². The molecule has 0 N–H and O–H groups in total. The molecule has 24 heavy (non-hydrogen) atoms. The van der Waals surface area contributed by atoms with Crippen LogP contribution in [-0.4, -0.2) is 42.3 Å². The van der Waals surface area contributed by atoms with Crippen molar-refractivity contribution in [3.63, 3.8) is 0 Å². The van der Waals surface area contributed by atoms with Crippen LogP contribution in [0.4, 0.5) is 0 Å². The molecule has 0 atom stereocenters. The first kappa shape index (κ1) is 16.5. The fraction of sp³-hybridized carbons (Fsp3) is 0.286. The number of hydrogen-bond donors (Lipinski definition) is 0. The quantitative estimate of drug-likeness (QED) is 0.779. The number of hydrogen-bond acceptors (Lipinski definition) is 3. The third-order valence-corrected chi connectivity index (χ3v) is 4.22. The fourth-order valence-electron chi connectivity index (χ4n) is 2.87. The van der Waals surface area contributed by atoms with Crippen molar-refractivity contribution in [3.05, 3.63) is 77.4 Å². The molecule has 0 aliphatic carbocycles. The Labute approximate surface area is 144 Å². The maximum Gasteiger partial charge on any atom is 0.0499 e. The molecule has 3 heteroatoms. The van der Waals surface area contributed by atoms with Gasteiger partial charge >= 0.3 is 0 Å². The minimum atomic E-state index is 0.988. The summed E-state index contributed by atoms with van der Waals surface area (Å²) in [6.07, 6.45) is 4.13. The molecule has 124 valence electrons. The van der Waals surface area contributed by atoms with Crippen molar-refractivity contribution in [2.75, 3.05) is 26.2 Å². The topological polar surface area (TPSA) is 18.8 Å². The number of benzene rings is 2. The van der Waals surface area contributed by atoms with E-state index in [2.05, 4.69) is 82.6 Å². The monoisotopic (exact) mass is 319 g/mol.